The first-order chi connectivity index (χ1) is 11.4. The number of amides is 1. The number of benzene rings is 1. The number of hydrogen-bond acceptors (Lipinski definition) is 5. The van der Waals surface area contributed by atoms with E-state index in [1.54, 1.807) is 41.8 Å². The van der Waals surface area contributed by atoms with Gasteiger partial charge in [0.1, 0.15) is 5.75 Å². The topological polar surface area (TPSA) is 73.7 Å². The van der Waals surface area contributed by atoms with Crippen molar-refractivity contribution in [2.75, 3.05) is 18.6 Å². The van der Waals surface area contributed by atoms with E-state index in [2.05, 4.69) is 5.10 Å². The average molecular weight is 329 g/mol. The summed E-state index contributed by atoms with van der Waals surface area (Å²) in [6.07, 6.45) is -0.855. The Labute approximate surface area is 139 Å². The van der Waals surface area contributed by atoms with Gasteiger partial charge >= 0.3 is 5.97 Å². The molecule has 1 atom stereocenters. The van der Waals surface area contributed by atoms with E-state index in [9.17, 15) is 9.59 Å². The van der Waals surface area contributed by atoms with Gasteiger partial charge in [-0.05, 0) is 26.0 Å². The highest BCUT2D eigenvalue weighted by molar-refractivity contribution is 6.09. The Morgan fingerprint density at radius 2 is 2.00 bits per heavy atom. The molecule has 1 aliphatic rings. The Morgan fingerprint density at radius 1 is 1.29 bits per heavy atom. The predicted molar refractivity (Wildman–Crippen MR) is 87.2 cm³/mol. The molecule has 1 aliphatic heterocycles. The number of nitrogens with zero attached hydrogens (tertiary/aromatic N) is 3. The van der Waals surface area contributed by atoms with Crippen molar-refractivity contribution in [2.24, 2.45) is 7.05 Å². The molecule has 0 saturated heterocycles. The third-order valence-electron chi connectivity index (χ3n) is 4.21. The molecule has 7 nitrogen and oxygen atoms in total. The number of para-hydroxylation sites is 2. The first-order valence-electron chi connectivity index (χ1n) is 7.59. The van der Waals surface area contributed by atoms with E-state index in [0.29, 0.717) is 22.7 Å². The molecule has 0 bridgehead atoms. The van der Waals surface area contributed by atoms with Gasteiger partial charge in [0.2, 0.25) is 6.10 Å². The summed E-state index contributed by atoms with van der Waals surface area (Å²) in [5, 5.41) is 4.30. The lowest BCUT2D eigenvalue weighted by molar-refractivity contribution is -0.148. The molecule has 0 spiro atoms. The standard InChI is InChI=1S/C17H19N3O4/c1-10-15(11(2)19(3)18-10)16(21)20-9-14(17(22)23-4)24-13-8-6-5-7-12(13)20/h5-8,14H,9H2,1-4H3/t14-/m0/s1. The molecule has 7 heteroatoms. The number of anilines is 1. The highest BCUT2D eigenvalue weighted by Crippen LogP contribution is 2.34. The molecule has 0 fully saturated rings. The molecule has 126 valence electrons. The molecule has 2 aromatic rings. The van der Waals surface area contributed by atoms with Gasteiger partial charge in [0.25, 0.3) is 5.91 Å². The van der Waals surface area contributed by atoms with Gasteiger partial charge in [0.15, 0.2) is 0 Å². The van der Waals surface area contributed by atoms with Gasteiger partial charge in [-0.3, -0.25) is 9.48 Å². The first kappa shape index (κ1) is 16.0. The van der Waals surface area contributed by atoms with E-state index in [1.807, 2.05) is 13.0 Å². The molecular weight excluding hydrogens is 310 g/mol. The largest absolute Gasteiger partial charge is 0.475 e. The summed E-state index contributed by atoms with van der Waals surface area (Å²) in [5.41, 5.74) is 2.60. The fourth-order valence-corrected chi connectivity index (χ4v) is 2.90. The molecule has 0 unspecified atom stereocenters. The lowest BCUT2D eigenvalue weighted by Gasteiger charge is -2.33. The third-order valence-corrected chi connectivity index (χ3v) is 4.21. The van der Waals surface area contributed by atoms with Crippen molar-refractivity contribution in [3.8, 4) is 5.75 Å². The lowest BCUT2D eigenvalue weighted by Crippen LogP contribution is -2.47. The van der Waals surface area contributed by atoms with Crippen LogP contribution in [0.3, 0.4) is 0 Å². The number of methoxy groups -OCH3 is 1. The fraction of sp³-hybridized carbons (Fsp3) is 0.353. The highest BCUT2D eigenvalue weighted by Gasteiger charge is 2.36. The van der Waals surface area contributed by atoms with Crippen LogP contribution in [0.25, 0.3) is 0 Å². The maximum Gasteiger partial charge on any atom is 0.348 e. The summed E-state index contributed by atoms with van der Waals surface area (Å²) in [7, 11) is 3.09. The van der Waals surface area contributed by atoms with Crippen molar-refractivity contribution < 1.29 is 19.1 Å². The summed E-state index contributed by atoms with van der Waals surface area (Å²) < 4.78 is 12.1. The Kier molecular flexibility index (Phi) is 4.01. The summed E-state index contributed by atoms with van der Waals surface area (Å²) in [4.78, 5) is 26.6. The molecule has 1 aromatic heterocycles. The Bertz CT molecular complexity index is 812. The van der Waals surface area contributed by atoms with Crippen molar-refractivity contribution >= 4 is 17.6 Å². The average Bonchev–Trinajstić information content (AvgIpc) is 2.84. The zero-order chi connectivity index (χ0) is 17.4. The molecule has 0 saturated carbocycles. The normalized spacial score (nSPS) is 16.3. The number of hydrogen-bond donors (Lipinski definition) is 0. The molecule has 1 aromatic carbocycles. The van der Waals surface area contributed by atoms with Gasteiger partial charge in [0, 0.05) is 12.7 Å². The maximum atomic E-state index is 13.1. The zero-order valence-corrected chi connectivity index (χ0v) is 14.1. The van der Waals surface area contributed by atoms with Crippen molar-refractivity contribution in [2.45, 2.75) is 20.0 Å². The van der Waals surface area contributed by atoms with Gasteiger partial charge in [0.05, 0.1) is 30.6 Å². The number of ether oxygens (including phenoxy) is 2. The van der Waals surface area contributed by atoms with Crippen LogP contribution in [-0.2, 0) is 16.6 Å². The minimum absolute atomic E-state index is 0.0935. The Morgan fingerprint density at radius 3 is 2.62 bits per heavy atom. The van der Waals surface area contributed by atoms with Crippen molar-refractivity contribution in [1.29, 1.82) is 0 Å². The number of aromatic nitrogens is 2. The van der Waals surface area contributed by atoms with Gasteiger partial charge in [-0.1, -0.05) is 12.1 Å². The van der Waals surface area contributed by atoms with Crippen LogP contribution in [0.2, 0.25) is 0 Å². The second kappa shape index (κ2) is 5.99. The number of aryl methyl sites for hydroxylation is 2. The Hall–Kier alpha value is -2.83. The van der Waals surface area contributed by atoms with Gasteiger partial charge in [-0.15, -0.1) is 0 Å². The van der Waals surface area contributed by atoms with Crippen molar-refractivity contribution in [1.82, 2.24) is 9.78 Å². The molecule has 0 aliphatic carbocycles. The summed E-state index contributed by atoms with van der Waals surface area (Å²) in [5.74, 6) is -0.239. The first-order valence-corrected chi connectivity index (χ1v) is 7.59. The van der Waals surface area contributed by atoms with E-state index >= 15 is 0 Å². The van der Waals surface area contributed by atoms with E-state index < -0.39 is 12.1 Å². The molecule has 0 N–H and O–H groups in total. The SMILES string of the molecule is COC(=O)[C@@H]1CN(C(=O)c2c(C)nn(C)c2C)c2ccccc2O1. The monoisotopic (exact) mass is 329 g/mol. The lowest BCUT2D eigenvalue weighted by atomic mass is 10.1. The minimum Gasteiger partial charge on any atom is -0.475 e. The van der Waals surface area contributed by atoms with Crippen LogP contribution in [0.5, 0.6) is 5.75 Å². The van der Waals surface area contributed by atoms with Crippen LogP contribution in [0.1, 0.15) is 21.7 Å². The van der Waals surface area contributed by atoms with E-state index in [1.165, 1.54) is 7.11 Å². The molecule has 0 radical (unpaired) electrons. The zero-order valence-electron chi connectivity index (χ0n) is 14.1. The smallest absolute Gasteiger partial charge is 0.348 e. The van der Waals surface area contributed by atoms with Crippen LogP contribution in [0.15, 0.2) is 24.3 Å². The van der Waals surface area contributed by atoms with E-state index in [-0.39, 0.29) is 12.5 Å². The summed E-state index contributed by atoms with van der Waals surface area (Å²) in [6.45, 7) is 3.73. The predicted octanol–water partition coefficient (Wildman–Crippen LogP) is 1.62. The van der Waals surface area contributed by atoms with Crippen molar-refractivity contribution in [3.63, 3.8) is 0 Å². The van der Waals surface area contributed by atoms with Gasteiger partial charge in [-0.2, -0.15) is 5.10 Å². The molecular formula is C17H19N3O4. The van der Waals surface area contributed by atoms with Crippen LogP contribution in [-0.4, -0.2) is 41.4 Å². The molecule has 24 heavy (non-hydrogen) atoms. The quantitative estimate of drug-likeness (QED) is 0.783. The van der Waals surface area contributed by atoms with Crippen LogP contribution >= 0.6 is 0 Å². The maximum absolute atomic E-state index is 13.1. The third kappa shape index (κ3) is 2.51. The van der Waals surface area contributed by atoms with E-state index in [0.717, 1.165) is 5.69 Å². The number of carbonyl (C=O) groups excluding carboxylic acids is 2. The van der Waals surface area contributed by atoms with Gasteiger partial charge in [-0.25, -0.2) is 4.79 Å². The molecule has 3 rings (SSSR count). The molecule has 2 heterocycles. The van der Waals surface area contributed by atoms with E-state index in [4.69, 9.17) is 9.47 Å². The number of esters is 1. The summed E-state index contributed by atoms with van der Waals surface area (Å²) in [6, 6.07) is 7.14. The van der Waals surface area contributed by atoms with Crippen LogP contribution in [0, 0.1) is 13.8 Å². The number of rotatable bonds is 2. The van der Waals surface area contributed by atoms with Gasteiger partial charge < -0.3 is 14.4 Å². The number of carbonyl (C=O) groups is 2. The highest BCUT2D eigenvalue weighted by atomic mass is 16.6. The van der Waals surface area contributed by atoms with Crippen LogP contribution < -0.4 is 9.64 Å². The minimum atomic E-state index is -0.855. The second-order valence-corrected chi connectivity index (χ2v) is 5.68. The summed E-state index contributed by atoms with van der Waals surface area (Å²) >= 11 is 0. The number of fused-ring (bicyclic) bond motifs is 1. The second-order valence-electron chi connectivity index (χ2n) is 5.68. The van der Waals surface area contributed by atoms with Crippen molar-refractivity contribution in [3.05, 3.63) is 41.2 Å². The fourth-order valence-electron chi connectivity index (χ4n) is 2.90. The Balaban J connectivity index is 2.05. The molecule has 1 amide bonds. The van der Waals surface area contributed by atoms with Crippen LogP contribution in [0.4, 0.5) is 5.69 Å².